The summed E-state index contributed by atoms with van der Waals surface area (Å²) in [5.41, 5.74) is 1.60. The molecule has 0 atom stereocenters. The Balaban J connectivity index is 0.00000225. The van der Waals surface area contributed by atoms with Crippen molar-refractivity contribution in [2.24, 2.45) is 10.4 Å². The van der Waals surface area contributed by atoms with Crippen LogP contribution in [0.2, 0.25) is 0 Å². The maximum atomic E-state index is 4.91. The lowest BCUT2D eigenvalue weighted by molar-refractivity contribution is 0.203. The molecular formula is C21H31IN6. The van der Waals surface area contributed by atoms with Crippen molar-refractivity contribution in [3.63, 3.8) is 0 Å². The quantitative estimate of drug-likeness (QED) is 0.397. The zero-order valence-corrected chi connectivity index (χ0v) is 19.0. The van der Waals surface area contributed by atoms with Crippen LogP contribution in [0.3, 0.4) is 0 Å². The molecule has 4 rings (SSSR count). The van der Waals surface area contributed by atoms with E-state index in [1.807, 2.05) is 22.8 Å². The number of nitrogens with one attached hydrogen (secondary N) is 1. The van der Waals surface area contributed by atoms with Crippen LogP contribution in [0.1, 0.15) is 51.3 Å². The zero-order valence-electron chi connectivity index (χ0n) is 16.7. The van der Waals surface area contributed by atoms with Gasteiger partial charge in [0.05, 0.1) is 0 Å². The second-order valence-electron chi connectivity index (χ2n) is 7.86. The highest BCUT2D eigenvalue weighted by molar-refractivity contribution is 14.0. The van der Waals surface area contributed by atoms with E-state index in [2.05, 4.69) is 39.5 Å². The first kappa shape index (κ1) is 21.1. The minimum Gasteiger partial charge on any atom is -0.357 e. The van der Waals surface area contributed by atoms with E-state index in [4.69, 9.17) is 4.99 Å². The first-order valence-electron chi connectivity index (χ1n) is 10.3. The highest BCUT2D eigenvalue weighted by atomic mass is 127. The van der Waals surface area contributed by atoms with Crippen molar-refractivity contribution in [2.45, 2.75) is 52.0 Å². The van der Waals surface area contributed by atoms with Gasteiger partial charge in [0.25, 0.3) is 0 Å². The predicted octanol–water partition coefficient (Wildman–Crippen LogP) is 4.01. The minimum absolute atomic E-state index is 0. The first-order chi connectivity index (χ1) is 13.3. The molecule has 1 aliphatic carbocycles. The van der Waals surface area contributed by atoms with Crippen molar-refractivity contribution in [3.05, 3.63) is 42.5 Å². The van der Waals surface area contributed by atoms with Gasteiger partial charge >= 0.3 is 0 Å². The molecule has 1 aromatic heterocycles. The van der Waals surface area contributed by atoms with Crippen molar-refractivity contribution in [3.8, 4) is 5.69 Å². The summed E-state index contributed by atoms with van der Waals surface area (Å²) in [6.45, 7) is 5.80. The Morgan fingerprint density at radius 2 is 1.93 bits per heavy atom. The van der Waals surface area contributed by atoms with Crippen LogP contribution >= 0.6 is 24.0 Å². The summed E-state index contributed by atoms with van der Waals surface area (Å²) in [5.74, 6) is 1.88. The molecule has 0 bridgehead atoms. The van der Waals surface area contributed by atoms with Gasteiger partial charge in [0, 0.05) is 25.3 Å². The monoisotopic (exact) mass is 494 g/mol. The third-order valence-electron chi connectivity index (χ3n) is 6.01. The van der Waals surface area contributed by atoms with Gasteiger partial charge in [0.15, 0.2) is 11.8 Å². The summed E-state index contributed by atoms with van der Waals surface area (Å²) in [4.78, 5) is 7.37. The number of hydrogen-bond acceptors (Lipinski definition) is 3. The fraction of sp³-hybridized carbons (Fsp3) is 0.571. The molecule has 1 aliphatic heterocycles. The number of aliphatic imine (C=N–C) groups is 1. The number of halogens is 1. The molecule has 1 aromatic carbocycles. The molecule has 152 valence electrons. The highest BCUT2D eigenvalue weighted by Crippen LogP contribution is 2.43. The third kappa shape index (κ3) is 4.67. The van der Waals surface area contributed by atoms with Crippen LogP contribution in [0.4, 0.5) is 0 Å². The zero-order chi connectivity index (χ0) is 18.5. The van der Waals surface area contributed by atoms with Crippen LogP contribution in [0, 0.1) is 5.41 Å². The van der Waals surface area contributed by atoms with Crippen LogP contribution < -0.4 is 5.32 Å². The molecule has 0 amide bonds. The van der Waals surface area contributed by atoms with E-state index in [1.165, 1.54) is 38.5 Å². The average molecular weight is 494 g/mol. The molecule has 1 saturated heterocycles. The fourth-order valence-corrected chi connectivity index (χ4v) is 4.57. The summed E-state index contributed by atoms with van der Waals surface area (Å²) in [7, 11) is 0. The van der Waals surface area contributed by atoms with Gasteiger partial charge < -0.3 is 10.2 Å². The van der Waals surface area contributed by atoms with Gasteiger partial charge in [-0.25, -0.2) is 4.99 Å². The summed E-state index contributed by atoms with van der Waals surface area (Å²) in [5, 5.41) is 11.9. The standard InChI is InChI=1S/C21H30N6.HI/c1-2-22-20(26-14-13-21(16-26)11-7-4-8-12-21)23-15-19-25-24-17-27(19)18-9-5-3-6-10-18;/h3,5-6,9-10,17H,2,4,7-8,11-16H2,1H3,(H,22,23);1H. The SMILES string of the molecule is CCNC(=NCc1nncn1-c1ccccc1)N1CCC2(CCCCC2)C1.I. The number of hydrogen-bond donors (Lipinski definition) is 1. The number of benzene rings is 1. The molecule has 28 heavy (non-hydrogen) atoms. The lowest BCUT2D eigenvalue weighted by Crippen LogP contribution is -2.41. The fourth-order valence-electron chi connectivity index (χ4n) is 4.57. The molecule has 2 fully saturated rings. The molecular weight excluding hydrogens is 463 g/mol. The van der Waals surface area contributed by atoms with Gasteiger partial charge in [0.2, 0.25) is 0 Å². The smallest absolute Gasteiger partial charge is 0.194 e. The Morgan fingerprint density at radius 3 is 2.68 bits per heavy atom. The van der Waals surface area contributed by atoms with Gasteiger partial charge in [-0.05, 0) is 43.7 Å². The maximum absolute atomic E-state index is 4.91. The number of guanidine groups is 1. The van der Waals surface area contributed by atoms with E-state index in [-0.39, 0.29) is 24.0 Å². The Morgan fingerprint density at radius 1 is 1.14 bits per heavy atom. The first-order valence-corrected chi connectivity index (χ1v) is 10.3. The molecule has 7 heteroatoms. The Bertz CT molecular complexity index is 766. The van der Waals surface area contributed by atoms with Crippen molar-refractivity contribution in [1.29, 1.82) is 0 Å². The van der Waals surface area contributed by atoms with E-state index in [9.17, 15) is 0 Å². The van der Waals surface area contributed by atoms with Crippen LogP contribution in [0.15, 0.2) is 41.7 Å². The molecule has 6 nitrogen and oxygen atoms in total. The Hall–Kier alpha value is -1.64. The number of rotatable bonds is 4. The molecule has 1 N–H and O–H groups in total. The van der Waals surface area contributed by atoms with E-state index in [1.54, 1.807) is 6.33 Å². The van der Waals surface area contributed by atoms with E-state index in [0.29, 0.717) is 12.0 Å². The summed E-state index contributed by atoms with van der Waals surface area (Å²) < 4.78 is 2.01. The number of nitrogens with zero attached hydrogens (tertiary/aromatic N) is 5. The van der Waals surface area contributed by atoms with Crippen LogP contribution in [0.25, 0.3) is 5.69 Å². The van der Waals surface area contributed by atoms with Crippen LogP contribution in [0.5, 0.6) is 0 Å². The predicted molar refractivity (Wildman–Crippen MR) is 123 cm³/mol. The van der Waals surface area contributed by atoms with Crippen LogP contribution in [-0.4, -0.2) is 45.3 Å². The van der Waals surface area contributed by atoms with Crippen molar-refractivity contribution in [2.75, 3.05) is 19.6 Å². The normalized spacial score (nSPS) is 18.9. The number of likely N-dealkylation sites (tertiary alicyclic amines) is 1. The maximum Gasteiger partial charge on any atom is 0.194 e. The minimum atomic E-state index is 0. The van der Waals surface area contributed by atoms with E-state index >= 15 is 0 Å². The van der Waals surface area contributed by atoms with Crippen molar-refractivity contribution < 1.29 is 0 Å². The molecule has 2 aliphatic rings. The lowest BCUT2D eigenvalue weighted by Gasteiger charge is -2.33. The van der Waals surface area contributed by atoms with Crippen LogP contribution in [-0.2, 0) is 6.54 Å². The lowest BCUT2D eigenvalue weighted by atomic mass is 9.73. The van der Waals surface area contributed by atoms with Gasteiger partial charge in [0.1, 0.15) is 12.9 Å². The van der Waals surface area contributed by atoms with Gasteiger partial charge in [-0.1, -0.05) is 37.5 Å². The third-order valence-corrected chi connectivity index (χ3v) is 6.01. The van der Waals surface area contributed by atoms with Crippen molar-refractivity contribution >= 4 is 29.9 Å². The summed E-state index contributed by atoms with van der Waals surface area (Å²) >= 11 is 0. The second kappa shape index (κ2) is 9.71. The van der Waals surface area contributed by atoms with Gasteiger partial charge in [-0.3, -0.25) is 4.57 Å². The molecule has 0 unspecified atom stereocenters. The molecule has 2 heterocycles. The largest absolute Gasteiger partial charge is 0.357 e. The van der Waals surface area contributed by atoms with E-state index < -0.39 is 0 Å². The van der Waals surface area contributed by atoms with Gasteiger partial charge in [-0.2, -0.15) is 0 Å². The Kier molecular flexibility index (Phi) is 7.31. The average Bonchev–Trinajstić information content (AvgIpc) is 3.34. The second-order valence-corrected chi connectivity index (χ2v) is 7.86. The molecule has 1 saturated carbocycles. The topological polar surface area (TPSA) is 58.3 Å². The molecule has 1 spiro atoms. The number of aromatic nitrogens is 3. The Labute approximate surface area is 184 Å². The van der Waals surface area contributed by atoms with E-state index in [0.717, 1.165) is 37.1 Å². The summed E-state index contributed by atoms with van der Waals surface area (Å²) in [6, 6.07) is 10.2. The van der Waals surface area contributed by atoms with Gasteiger partial charge in [-0.15, -0.1) is 34.2 Å². The molecule has 0 radical (unpaired) electrons. The summed E-state index contributed by atoms with van der Waals surface area (Å²) in [6.07, 6.45) is 10.0. The van der Waals surface area contributed by atoms with Crippen molar-refractivity contribution in [1.82, 2.24) is 25.0 Å². The molecule has 2 aromatic rings. The highest BCUT2D eigenvalue weighted by Gasteiger charge is 2.39. The number of para-hydroxylation sites is 1.